The minimum Gasteiger partial charge on any atom is -0.457 e. The number of carbonyl (C=O) groups excluding carboxylic acids is 2. The Labute approximate surface area is 159 Å². The minimum absolute atomic E-state index is 0.109. The second kappa shape index (κ2) is 7.96. The molecule has 0 unspecified atom stereocenters. The van der Waals surface area contributed by atoms with Crippen LogP contribution in [0.25, 0.3) is 11.3 Å². The maximum atomic E-state index is 12.8. The van der Waals surface area contributed by atoms with Crippen LogP contribution in [-0.4, -0.2) is 28.6 Å². The van der Waals surface area contributed by atoms with Gasteiger partial charge in [-0.25, -0.2) is 9.78 Å². The average Bonchev–Trinajstić information content (AvgIpc) is 3.23. The first-order valence-electron chi connectivity index (χ1n) is 8.09. The topological polar surface area (TPSA) is 94.3 Å². The van der Waals surface area contributed by atoms with Crippen molar-refractivity contribution in [1.29, 1.82) is 0 Å². The molecule has 2 heterocycles. The number of nitrogens with one attached hydrogen (secondary N) is 1. The lowest BCUT2D eigenvalue weighted by Gasteiger charge is -2.03. The highest BCUT2D eigenvalue weighted by molar-refractivity contribution is 7.17. The lowest BCUT2D eigenvalue weighted by atomic mass is 10.1. The summed E-state index contributed by atoms with van der Waals surface area (Å²) >= 11 is 1.05. The van der Waals surface area contributed by atoms with Crippen molar-refractivity contribution in [1.82, 2.24) is 10.1 Å². The molecule has 1 aromatic carbocycles. The zero-order valence-corrected chi connectivity index (χ0v) is 15.6. The third-order valence-electron chi connectivity index (χ3n) is 3.66. The van der Waals surface area contributed by atoms with E-state index in [1.165, 1.54) is 6.08 Å². The number of esters is 1. The van der Waals surface area contributed by atoms with Crippen LogP contribution in [0.1, 0.15) is 31.4 Å². The van der Waals surface area contributed by atoms with E-state index in [1.54, 1.807) is 13.8 Å². The zero-order valence-electron chi connectivity index (χ0n) is 14.8. The van der Waals surface area contributed by atoms with Crippen molar-refractivity contribution in [3.8, 4) is 11.3 Å². The third kappa shape index (κ3) is 3.95. The van der Waals surface area contributed by atoms with E-state index in [0.29, 0.717) is 32.7 Å². The smallest absolute Gasteiger partial charge is 0.350 e. The molecule has 138 valence electrons. The highest BCUT2D eigenvalue weighted by Gasteiger charge is 2.24. The number of aromatic nitrogens is 2. The molecule has 0 aliphatic heterocycles. The lowest BCUT2D eigenvalue weighted by Crippen LogP contribution is -2.13. The Morgan fingerprint density at radius 2 is 2.00 bits per heavy atom. The molecule has 0 fully saturated rings. The van der Waals surface area contributed by atoms with Crippen LogP contribution >= 0.6 is 11.3 Å². The molecular weight excluding hydrogens is 366 g/mol. The average molecular weight is 383 g/mol. The summed E-state index contributed by atoms with van der Waals surface area (Å²) in [7, 11) is 0. The van der Waals surface area contributed by atoms with E-state index in [2.05, 4.69) is 22.0 Å². The molecule has 7 nitrogen and oxygen atoms in total. The van der Waals surface area contributed by atoms with Crippen LogP contribution in [0.15, 0.2) is 47.5 Å². The van der Waals surface area contributed by atoms with E-state index < -0.39 is 11.9 Å². The highest BCUT2D eigenvalue weighted by Crippen LogP contribution is 2.28. The first-order valence-corrected chi connectivity index (χ1v) is 8.91. The van der Waals surface area contributed by atoms with Crippen LogP contribution in [0.3, 0.4) is 0 Å². The molecule has 0 aliphatic carbocycles. The van der Waals surface area contributed by atoms with E-state index in [9.17, 15) is 9.59 Å². The second-order valence-corrected chi connectivity index (χ2v) is 6.61. The van der Waals surface area contributed by atoms with Crippen molar-refractivity contribution in [2.24, 2.45) is 0 Å². The molecule has 0 spiro atoms. The summed E-state index contributed by atoms with van der Waals surface area (Å²) in [5.74, 6) is -0.534. The SMILES string of the molecule is C=CCOC(=O)c1sc(NC(=O)c2c(C)noc2-c2ccccc2)nc1C. The number of ether oxygens (including phenoxy) is 1. The Kier molecular flexibility index (Phi) is 5.46. The van der Waals surface area contributed by atoms with Crippen LogP contribution in [-0.2, 0) is 4.74 Å². The van der Waals surface area contributed by atoms with Crippen molar-refractivity contribution < 1.29 is 18.8 Å². The Morgan fingerprint density at radius 3 is 2.70 bits per heavy atom. The van der Waals surface area contributed by atoms with Gasteiger partial charge in [0.1, 0.15) is 17.0 Å². The van der Waals surface area contributed by atoms with Crippen molar-refractivity contribution in [3.05, 3.63) is 64.8 Å². The number of nitrogens with zero attached hydrogens (tertiary/aromatic N) is 2. The van der Waals surface area contributed by atoms with Gasteiger partial charge < -0.3 is 9.26 Å². The van der Waals surface area contributed by atoms with Crippen molar-refractivity contribution in [2.45, 2.75) is 13.8 Å². The summed E-state index contributed by atoms with van der Waals surface area (Å²) in [5, 5.41) is 6.91. The van der Waals surface area contributed by atoms with Gasteiger partial charge in [-0.15, -0.1) is 0 Å². The Hall–Kier alpha value is -3.26. The van der Waals surface area contributed by atoms with Gasteiger partial charge in [0.25, 0.3) is 5.91 Å². The van der Waals surface area contributed by atoms with E-state index >= 15 is 0 Å². The molecule has 2 aromatic heterocycles. The van der Waals surface area contributed by atoms with Crippen molar-refractivity contribution in [2.75, 3.05) is 11.9 Å². The van der Waals surface area contributed by atoms with E-state index in [0.717, 1.165) is 16.9 Å². The fraction of sp³-hybridized carbons (Fsp3) is 0.158. The summed E-state index contributed by atoms with van der Waals surface area (Å²) in [6.07, 6.45) is 1.48. The van der Waals surface area contributed by atoms with Gasteiger partial charge in [0.2, 0.25) is 0 Å². The summed E-state index contributed by atoms with van der Waals surface area (Å²) < 4.78 is 10.4. The predicted molar refractivity (Wildman–Crippen MR) is 102 cm³/mol. The minimum atomic E-state index is -0.503. The van der Waals surface area contributed by atoms with Crippen molar-refractivity contribution in [3.63, 3.8) is 0 Å². The van der Waals surface area contributed by atoms with Gasteiger partial charge in [-0.2, -0.15) is 0 Å². The van der Waals surface area contributed by atoms with Gasteiger partial charge in [-0.05, 0) is 13.8 Å². The Bertz CT molecular complexity index is 992. The maximum absolute atomic E-state index is 12.8. The Morgan fingerprint density at radius 1 is 1.26 bits per heavy atom. The fourth-order valence-corrected chi connectivity index (χ4v) is 3.28. The number of hydrogen-bond donors (Lipinski definition) is 1. The molecule has 1 N–H and O–H groups in total. The molecule has 3 rings (SSSR count). The lowest BCUT2D eigenvalue weighted by molar-refractivity contribution is 0.0554. The van der Waals surface area contributed by atoms with Gasteiger partial charge in [0.05, 0.1) is 11.4 Å². The van der Waals surface area contributed by atoms with Gasteiger partial charge in [-0.1, -0.05) is 59.5 Å². The normalized spacial score (nSPS) is 10.4. The summed E-state index contributed by atoms with van der Waals surface area (Å²) in [6, 6.07) is 9.23. The van der Waals surface area contributed by atoms with Crippen LogP contribution in [0.2, 0.25) is 0 Å². The van der Waals surface area contributed by atoms with E-state index in [1.807, 2.05) is 30.3 Å². The number of aryl methyl sites for hydroxylation is 2. The van der Waals surface area contributed by atoms with E-state index in [4.69, 9.17) is 9.26 Å². The summed E-state index contributed by atoms with van der Waals surface area (Å²) in [6.45, 7) is 6.98. The molecule has 3 aromatic rings. The van der Waals surface area contributed by atoms with Crippen molar-refractivity contribution >= 4 is 28.3 Å². The predicted octanol–water partition coefficient (Wildman–Crippen LogP) is 4.01. The molecule has 0 saturated carbocycles. The third-order valence-corrected chi connectivity index (χ3v) is 4.71. The van der Waals surface area contributed by atoms with Crippen LogP contribution < -0.4 is 5.32 Å². The van der Waals surface area contributed by atoms with E-state index in [-0.39, 0.29) is 6.61 Å². The molecule has 8 heteroatoms. The number of anilines is 1. The first kappa shape index (κ1) is 18.5. The maximum Gasteiger partial charge on any atom is 0.350 e. The largest absolute Gasteiger partial charge is 0.457 e. The fourth-order valence-electron chi connectivity index (χ4n) is 2.42. The molecule has 0 radical (unpaired) electrons. The highest BCUT2D eigenvalue weighted by atomic mass is 32.1. The molecule has 27 heavy (non-hydrogen) atoms. The van der Waals surface area contributed by atoms with Gasteiger partial charge in [-0.3, -0.25) is 10.1 Å². The van der Waals surface area contributed by atoms with Gasteiger partial charge in [0, 0.05) is 5.56 Å². The molecule has 0 aliphatic rings. The first-order chi connectivity index (χ1) is 13.0. The molecule has 1 amide bonds. The molecule has 0 atom stereocenters. The van der Waals surface area contributed by atoms with Crippen LogP contribution in [0.5, 0.6) is 0 Å². The number of benzene rings is 1. The number of thiazole rings is 1. The monoisotopic (exact) mass is 383 g/mol. The standard InChI is InChI=1S/C19H17N3O4S/c1-4-10-25-18(24)16-12(3)20-19(27-16)21-17(23)14-11(2)22-26-15(14)13-8-6-5-7-9-13/h4-9H,1,10H2,2-3H3,(H,20,21,23). The summed E-state index contributed by atoms with van der Waals surface area (Å²) in [5.41, 5.74) is 2.01. The summed E-state index contributed by atoms with van der Waals surface area (Å²) in [4.78, 5) is 29.3. The molecular formula is C19H17N3O4S. The number of carbonyl (C=O) groups is 2. The number of rotatable bonds is 6. The quantitative estimate of drug-likeness (QED) is 0.510. The zero-order chi connectivity index (χ0) is 19.4. The van der Waals surface area contributed by atoms with Crippen LogP contribution in [0.4, 0.5) is 5.13 Å². The van der Waals surface area contributed by atoms with Crippen LogP contribution in [0, 0.1) is 13.8 Å². The van der Waals surface area contributed by atoms with Gasteiger partial charge >= 0.3 is 5.97 Å². The Balaban J connectivity index is 1.84. The number of hydrogen-bond acceptors (Lipinski definition) is 7. The molecule has 0 bridgehead atoms. The number of amides is 1. The second-order valence-electron chi connectivity index (χ2n) is 5.61. The molecule has 0 saturated heterocycles. The van der Waals surface area contributed by atoms with Gasteiger partial charge in [0.15, 0.2) is 10.9 Å².